The van der Waals surface area contributed by atoms with E-state index in [1.807, 2.05) is 20.8 Å². The summed E-state index contributed by atoms with van der Waals surface area (Å²) >= 11 is 0. The highest BCUT2D eigenvalue weighted by molar-refractivity contribution is 5.86. The summed E-state index contributed by atoms with van der Waals surface area (Å²) in [5, 5.41) is 9.40. The average Bonchev–Trinajstić information content (AvgIpc) is 2.61. The van der Waals surface area contributed by atoms with Gasteiger partial charge >= 0.3 is 0 Å². The van der Waals surface area contributed by atoms with E-state index in [0.29, 0.717) is 17.8 Å². The van der Waals surface area contributed by atoms with Crippen LogP contribution in [0.1, 0.15) is 57.9 Å². The summed E-state index contributed by atoms with van der Waals surface area (Å²) in [6, 6.07) is 10.8. The lowest BCUT2D eigenvalue weighted by Gasteiger charge is -2.29. The zero-order valence-corrected chi connectivity index (χ0v) is 16.6. The number of hydrogen-bond acceptors (Lipinski definition) is 2. The third-order valence-electron chi connectivity index (χ3n) is 4.83. The van der Waals surface area contributed by atoms with Crippen LogP contribution in [-0.4, -0.2) is 37.5 Å². The molecule has 1 amide bonds. The van der Waals surface area contributed by atoms with Gasteiger partial charge in [0.2, 0.25) is 5.91 Å². The fourth-order valence-corrected chi connectivity index (χ4v) is 3.51. The monoisotopic (exact) mass is 358 g/mol. The van der Waals surface area contributed by atoms with Gasteiger partial charge in [-0.3, -0.25) is 9.79 Å². The van der Waals surface area contributed by atoms with Gasteiger partial charge in [0.1, 0.15) is 0 Å². The normalized spacial score (nSPS) is 21.2. The van der Waals surface area contributed by atoms with E-state index in [-0.39, 0.29) is 18.0 Å². The maximum absolute atomic E-state index is 11.9. The van der Waals surface area contributed by atoms with Gasteiger partial charge in [-0.15, -0.1) is 0 Å². The van der Waals surface area contributed by atoms with E-state index in [0.717, 1.165) is 6.54 Å². The minimum absolute atomic E-state index is 0.0242. The molecule has 1 aromatic carbocycles. The predicted octanol–water partition coefficient (Wildman–Crippen LogP) is 3.04. The summed E-state index contributed by atoms with van der Waals surface area (Å²) in [6.45, 7) is 7.07. The smallest absolute Gasteiger partial charge is 0.239 e. The van der Waals surface area contributed by atoms with Crippen molar-refractivity contribution < 1.29 is 4.79 Å². The molecule has 0 saturated heterocycles. The molecule has 1 fully saturated rings. The first-order valence-electron chi connectivity index (χ1n) is 9.68. The number of carbonyl (C=O) groups is 1. The first-order valence-corrected chi connectivity index (χ1v) is 9.68. The summed E-state index contributed by atoms with van der Waals surface area (Å²) < 4.78 is 0. The predicted molar refractivity (Wildman–Crippen MR) is 108 cm³/mol. The van der Waals surface area contributed by atoms with Gasteiger partial charge in [-0.1, -0.05) is 30.3 Å². The highest BCUT2D eigenvalue weighted by Crippen LogP contribution is 2.35. The Morgan fingerprint density at radius 1 is 1.08 bits per heavy atom. The Hall–Kier alpha value is -2.04. The molecule has 0 bridgehead atoms. The third-order valence-corrected chi connectivity index (χ3v) is 4.83. The topological polar surface area (TPSA) is 65.5 Å². The molecular weight excluding hydrogens is 324 g/mol. The molecule has 1 aliphatic carbocycles. The molecule has 0 radical (unpaired) electrons. The van der Waals surface area contributed by atoms with E-state index in [4.69, 9.17) is 0 Å². The van der Waals surface area contributed by atoms with Gasteiger partial charge in [-0.25, -0.2) is 0 Å². The summed E-state index contributed by atoms with van der Waals surface area (Å²) in [7, 11) is 1.74. The molecule has 0 unspecified atom stereocenters. The van der Waals surface area contributed by atoms with Crippen LogP contribution >= 0.6 is 0 Å². The Kier molecular flexibility index (Phi) is 7.49. The molecule has 0 aliphatic heterocycles. The van der Waals surface area contributed by atoms with Gasteiger partial charge in [0.15, 0.2) is 5.96 Å². The van der Waals surface area contributed by atoms with E-state index in [2.05, 4.69) is 51.3 Å². The van der Waals surface area contributed by atoms with E-state index < -0.39 is 0 Å². The lowest BCUT2D eigenvalue weighted by Crippen LogP contribution is -2.48. The molecule has 1 aromatic rings. The molecule has 0 spiro atoms. The molecule has 144 valence electrons. The van der Waals surface area contributed by atoms with Gasteiger partial charge in [0.25, 0.3) is 0 Å². The zero-order valence-electron chi connectivity index (χ0n) is 16.6. The quantitative estimate of drug-likeness (QED) is 0.560. The molecule has 3 N–H and O–H groups in total. The van der Waals surface area contributed by atoms with Crippen molar-refractivity contribution in [3.8, 4) is 0 Å². The van der Waals surface area contributed by atoms with Crippen molar-refractivity contribution in [1.82, 2.24) is 16.0 Å². The SMILES string of the molecule is CN=C(NCC(=O)NC(C)(C)C)NCC1CCC(c2ccccc2)CC1. The summed E-state index contributed by atoms with van der Waals surface area (Å²) in [5.74, 6) is 2.03. The summed E-state index contributed by atoms with van der Waals surface area (Å²) in [5.41, 5.74) is 1.26. The third kappa shape index (κ3) is 7.06. The van der Waals surface area contributed by atoms with Crippen molar-refractivity contribution in [3.63, 3.8) is 0 Å². The van der Waals surface area contributed by atoms with Crippen LogP contribution in [0, 0.1) is 5.92 Å². The van der Waals surface area contributed by atoms with Gasteiger partial charge < -0.3 is 16.0 Å². The molecule has 2 rings (SSSR count). The van der Waals surface area contributed by atoms with E-state index in [9.17, 15) is 4.79 Å². The van der Waals surface area contributed by atoms with Crippen molar-refractivity contribution in [2.24, 2.45) is 10.9 Å². The van der Waals surface area contributed by atoms with Crippen LogP contribution in [0.25, 0.3) is 0 Å². The molecule has 1 saturated carbocycles. The van der Waals surface area contributed by atoms with E-state index >= 15 is 0 Å². The second-order valence-corrected chi connectivity index (χ2v) is 8.23. The Bertz CT molecular complexity index is 584. The van der Waals surface area contributed by atoms with Crippen LogP contribution < -0.4 is 16.0 Å². The standard InChI is InChI=1S/C21H34N4O/c1-21(2,3)25-19(26)15-24-20(22-4)23-14-16-10-12-18(13-11-16)17-8-6-5-7-9-17/h5-9,16,18H,10-15H2,1-4H3,(H,25,26)(H2,22,23,24). The van der Waals surface area contributed by atoms with Crippen molar-refractivity contribution in [1.29, 1.82) is 0 Å². The molecule has 0 aromatic heterocycles. The molecular formula is C21H34N4O. The molecule has 5 nitrogen and oxygen atoms in total. The van der Waals surface area contributed by atoms with Crippen molar-refractivity contribution >= 4 is 11.9 Å². The number of nitrogens with zero attached hydrogens (tertiary/aromatic N) is 1. The Morgan fingerprint density at radius 3 is 2.31 bits per heavy atom. The maximum atomic E-state index is 11.9. The lowest BCUT2D eigenvalue weighted by molar-refractivity contribution is -0.121. The van der Waals surface area contributed by atoms with Gasteiger partial charge in [0.05, 0.1) is 6.54 Å². The number of guanidine groups is 1. The second-order valence-electron chi connectivity index (χ2n) is 8.23. The lowest BCUT2D eigenvalue weighted by atomic mass is 9.79. The number of carbonyl (C=O) groups excluding carboxylic acids is 1. The van der Waals surface area contributed by atoms with Gasteiger partial charge in [-0.2, -0.15) is 0 Å². The average molecular weight is 359 g/mol. The largest absolute Gasteiger partial charge is 0.356 e. The van der Waals surface area contributed by atoms with Crippen LogP contribution in [0.15, 0.2) is 35.3 Å². The molecule has 0 heterocycles. The minimum atomic E-state index is -0.215. The van der Waals surface area contributed by atoms with Gasteiger partial charge in [-0.05, 0) is 63.9 Å². The molecule has 26 heavy (non-hydrogen) atoms. The van der Waals surface area contributed by atoms with Crippen LogP contribution in [0.3, 0.4) is 0 Å². The van der Waals surface area contributed by atoms with Crippen LogP contribution in [0.5, 0.6) is 0 Å². The highest BCUT2D eigenvalue weighted by atomic mass is 16.2. The van der Waals surface area contributed by atoms with Crippen molar-refractivity contribution in [3.05, 3.63) is 35.9 Å². The number of aliphatic imine (C=N–C) groups is 1. The van der Waals surface area contributed by atoms with Crippen LogP contribution in [0.2, 0.25) is 0 Å². The van der Waals surface area contributed by atoms with Crippen molar-refractivity contribution in [2.75, 3.05) is 20.1 Å². The summed E-state index contributed by atoms with van der Waals surface area (Å²) in [4.78, 5) is 16.1. The van der Waals surface area contributed by atoms with E-state index in [1.165, 1.54) is 31.2 Å². The number of rotatable bonds is 5. The minimum Gasteiger partial charge on any atom is -0.356 e. The Labute approximate surface area is 158 Å². The first-order chi connectivity index (χ1) is 12.4. The van der Waals surface area contributed by atoms with Crippen molar-refractivity contribution in [2.45, 2.75) is 57.9 Å². The fraction of sp³-hybridized carbons (Fsp3) is 0.619. The zero-order chi connectivity index (χ0) is 19.0. The van der Waals surface area contributed by atoms with Crippen LogP contribution in [-0.2, 0) is 4.79 Å². The number of hydrogen-bond donors (Lipinski definition) is 3. The number of nitrogens with one attached hydrogen (secondary N) is 3. The van der Waals surface area contributed by atoms with E-state index in [1.54, 1.807) is 7.05 Å². The Morgan fingerprint density at radius 2 is 1.73 bits per heavy atom. The molecule has 1 aliphatic rings. The fourth-order valence-electron chi connectivity index (χ4n) is 3.51. The maximum Gasteiger partial charge on any atom is 0.239 e. The molecule has 0 atom stereocenters. The highest BCUT2D eigenvalue weighted by Gasteiger charge is 2.22. The first kappa shape index (κ1) is 20.3. The number of amides is 1. The molecule has 5 heteroatoms. The number of benzene rings is 1. The van der Waals surface area contributed by atoms with Crippen LogP contribution in [0.4, 0.5) is 0 Å². The second kappa shape index (κ2) is 9.60. The Balaban J connectivity index is 1.69. The van der Waals surface area contributed by atoms with Gasteiger partial charge in [0, 0.05) is 19.1 Å². The summed E-state index contributed by atoms with van der Waals surface area (Å²) in [6.07, 6.45) is 4.95.